The zero-order valence-electron chi connectivity index (χ0n) is 32.5. The summed E-state index contributed by atoms with van der Waals surface area (Å²) >= 11 is 0. The average Bonchev–Trinajstić information content (AvgIpc) is 3.06. The molecule has 0 aliphatic heterocycles. The van der Waals surface area contributed by atoms with Crippen molar-refractivity contribution in [3.63, 3.8) is 0 Å². The molecule has 51 heavy (non-hydrogen) atoms. The van der Waals surface area contributed by atoms with E-state index in [1.54, 1.807) is 45.9 Å². The third-order valence-electron chi connectivity index (χ3n) is 8.75. The molecule has 0 radical (unpaired) electrons. The summed E-state index contributed by atoms with van der Waals surface area (Å²) in [5.74, 6) is -5.63. The lowest BCUT2D eigenvalue weighted by atomic mass is 9.81. The molecule has 1 amide bonds. The Bertz CT molecular complexity index is 1170. The van der Waals surface area contributed by atoms with Gasteiger partial charge < -0.3 is 24.6 Å². The summed E-state index contributed by atoms with van der Waals surface area (Å²) in [4.78, 5) is 40.3. The fraction of sp³-hybridized carbons (Fsp3) is 0.732. The maximum absolute atomic E-state index is 14.3. The van der Waals surface area contributed by atoms with Crippen LogP contribution in [-0.2, 0) is 30.3 Å². The summed E-state index contributed by atoms with van der Waals surface area (Å²) in [6.07, 6.45) is 13.1. The molecule has 2 N–H and O–H groups in total. The number of ether oxygens (including phenoxy) is 3. The fourth-order valence-corrected chi connectivity index (χ4v) is 5.83. The number of amides is 1. The van der Waals surface area contributed by atoms with E-state index in [0.29, 0.717) is 50.9 Å². The van der Waals surface area contributed by atoms with Crippen LogP contribution < -0.4 is 10.1 Å². The summed E-state index contributed by atoms with van der Waals surface area (Å²) in [6, 6.07) is 6.13. The van der Waals surface area contributed by atoms with Crippen LogP contribution in [-0.4, -0.2) is 59.8 Å². The molecule has 0 saturated carbocycles. The van der Waals surface area contributed by atoms with Crippen LogP contribution in [0.15, 0.2) is 36.4 Å². The first-order chi connectivity index (χ1) is 24.1. The van der Waals surface area contributed by atoms with E-state index in [4.69, 9.17) is 14.2 Å². The minimum absolute atomic E-state index is 0.0560. The van der Waals surface area contributed by atoms with Gasteiger partial charge in [0.15, 0.2) is 5.60 Å². The minimum atomic E-state index is -2.63. The number of hydrogen-bond donors (Lipinski definition) is 2. The van der Waals surface area contributed by atoms with Crippen LogP contribution in [0.3, 0.4) is 0 Å². The number of methoxy groups -OCH3 is 1. The second-order valence-electron chi connectivity index (χ2n) is 14.7. The van der Waals surface area contributed by atoms with Gasteiger partial charge in [0.2, 0.25) is 11.8 Å². The van der Waals surface area contributed by atoms with Crippen molar-refractivity contribution in [3.8, 4) is 5.75 Å². The molecule has 1 aromatic rings. The lowest BCUT2D eigenvalue weighted by Crippen LogP contribution is -2.56. The number of rotatable bonds is 27. The number of unbranched alkanes of at least 4 members (excludes halogenated alkanes) is 9. The van der Waals surface area contributed by atoms with Gasteiger partial charge in [-0.3, -0.25) is 4.79 Å². The zero-order valence-corrected chi connectivity index (χ0v) is 32.5. The standard InChI is InChI=1S/C41H67F2NO7/c1-8-11-13-17-20-28-40(42,43)29-21-18-15-14-16-19-22-34(41(48,27-10-3)38(47)51-39(4,5)6)36(45)44-35(37(46)49-7)31-32-23-25-33(26-24-32)50-30-12-9-2/h19,22-26,34-35,48H,8-18,20-21,27-31H2,1-7H3,(H,44,45)/t34-,35+,41+/m1/s1. The van der Waals surface area contributed by atoms with Gasteiger partial charge in [0, 0.05) is 19.3 Å². The van der Waals surface area contributed by atoms with E-state index in [1.165, 1.54) is 13.2 Å². The van der Waals surface area contributed by atoms with Crippen LogP contribution in [0.2, 0.25) is 0 Å². The van der Waals surface area contributed by atoms with Crippen molar-refractivity contribution in [2.45, 2.75) is 174 Å². The maximum atomic E-state index is 14.3. The third kappa shape index (κ3) is 18.9. The van der Waals surface area contributed by atoms with Crippen molar-refractivity contribution < 1.29 is 42.5 Å². The number of esters is 2. The largest absolute Gasteiger partial charge is 0.494 e. The van der Waals surface area contributed by atoms with Crippen molar-refractivity contribution in [2.75, 3.05) is 13.7 Å². The number of halogens is 2. The van der Waals surface area contributed by atoms with Gasteiger partial charge in [-0.2, -0.15) is 0 Å². The number of carbonyl (C=O) groups is 3. The molecule has 0 saturated heterocycles. The van der Waals surface area contributed by atoms with Gasteiger partial charge >= 0.3 is 11.9 Å². The van der Waals surface area contributed by atoms with Crippen molar-refractivity contribution in [1.29, 1.82) is 0 Å². The van der Waals surface area contributed by atoms with E-state index in [1.807, 2.05) is 12.1 Å². The van der Waals surface area contributed by atoms with Gasteiger partial charge in [-0.05, 0) is 77.0 Å². The number of aliphatic hydroxyl groups is 1. The van der Waals surface area contributed by atoms with Crippen LogP contribution in [0, 0.1) is 5.92 Å². The van der Waals surface area contributed by atoms with E-state index in [0.717, 1.165) is 50.5 Å². The summed E-state index contributed by atoms with van der Waals surface area (Å²) in [5.41, 5.74) is -2.37. The first-order valence-corrected chi connectivity index (χ1v) is 19.2. The number of allylic oxidation sites excluding steroid dienone is 1. The topological polar surface area (TPSA) is 111 Å². The van der Waals surface area contributed by atoms with E-state index in [2.05, 4.69) is 19.2 Å². The quantitative estimate of drug-likeness (QED) is 0.0529. The van der Waals surface area contributed by atoms with E-state index in [9.17, 15) is 28.3 Å². The van der Waals surface area contributed by atoms with Crippen molar-refractivity contribution in [3.05, 3.63) is 42.0 Å². The Morgan fingerprint density at radius 1 is 0.824 bits per heavy atom. The lowest BCUT2D eigenvalue weighted by molar-refractivity contribution is -0.184. The minimum Gasteiger partial charge on any atom is -0.494 e. The zero-order chi connectivity index (χ0) is 38.3. The van der Waals surface area contributed by atoms with Crippen LogP contribution in [0.5, 0.6) is 5.75 Å². The highest BCUT2D eigenvalue weighted by molar-refractivity contribution is 5.93. The summed E-state index contributed by atoms with van der Waals surface area (Å²) < 4.78 is 44.9. The Morgan fingerprint density at radius 3 is 1.96 bits per heavy atom. The molecule has 0 aliphatic carbocycles. The summed E-state index contributed by atoms with van der Waals surface area (Å²) in [5, 5.41) is 14.6. The first-order valence-electron chi connectivity index (χ1n) is 19.2. The van der Waals surface area contributed by atoms with Crippen molar-refractivity contribution in [1.82, 2.24) is 5.32 Å². The molecule has 0 unspecified atom stereocenters. The Labute approximate surface area is 306 Å². The molecule has 0 aliphatic rings. The van der Waals surface area contributed by atoms with E-state index in [-0.39, 0.29) is 25.7 Å². The SMILES string of the molecule is CCCCCCCC(F)(F)CCCCCCC=C[C@H](C(=O)N[C@@H](Cc1ccc(OCCCC)cc1)C(=O)OC)[C@@](O)(CCC)C(=O)OC(C)(C)C. The highest BCUT2D eigenvalue weighted by Crippen LogP contribution is 2.31. The number of benzene rings is 1. The van der Waals surface area contributed by atoms with Gasteiger partial charge in [-0.25, -0.2) is 18.4 Å². The van der Waals surface area contributed by atoms with Crippen LogP contribution in [0.1, 0.15) is 150 Å². The molecule has 0 heterocycles. The Morgan fingerprint density at radius 2 is 1.41 bits per heavy atom. The number of carbonyl (C=O) groups excluding carboxylic acids is 3. The van der Waals surface area contributed by atoms with Crippen molar-refractivity contribution in [2.24, 2.45) is 5.92 Å². The molecule has 1 aromatic carbocycles. The second-order valence-corrected chi connectivity index (χ2v) is 14.7. The number of hydrogen-bond acceptors (Lipinski definition) is 7. The first kappa shape index (κ1) is 46.0. The second kappa shape index (κ2) is 24.3. The molecule has 0 aromatic heterocycles. The lowest BCUT2D eigenvalue weighted by Gasteiger charge is -2.34. The van der Waals surface area contributed by atoms with E-state index >= 15 is 0 Å². The van der Waals surface area contributed by atoms with Gasteiger partial charge in [0.05, 0.1) is 19.6 Å². The molecule has 8 nitrogen and oxygen atoms in total. The highest BCUT2D eigenvalue weighted by atomic mass is 19.3. The van der Waals surface area contributed by atoms with Crippen LogP contribution >= 0.6 is 0 Å². The number of nitrogens with one attached hydrogen (secondary N) is 1. The van der Waals surface area contributed by atoms with Crippen LogP contribution in [0.4, 0.5) is 8.78 Å². The van der Waals surface area contributed by atoms with Gasteiger partial charge in [0.25, 0.3) is 0 Å². The monoisotopic (exact) mass is 723 g/mol. The van der Waals surface area contributed by atoms with Crippen LogP contribution in [0.25, 0.3) is 0 Å². The molecule has 0 fully saturated rings. The molecule has 0 spiro atoms. The highest BCUT2D eigenvalue weighted by Gasteiger charge is 2.49. The molecule has 3 atom stereocenters. The fourth-order valence-electron chi connectivity index (χ4n) is 5.83. The Kier molecular flexibility index (Phi) is 21.9. The van der Waals surface area contributed by atoms with Gasteiger partial charge in [-0.15, -0.1) is 0 Å². The molecule has 292 valence electrons. The average molecular weight is 724 g/mol. The Hall–Kier alpha value is -3.01. The molecular weight excluding hydrogens is 656 g/mol. The van der Waals surface area contributed by atoms with Crippen molar-refractivity contribution >= 4 is 17.8 Å². The predicted molar refractivity (Wildman–Crippen MR) is 199 cm³/mol. The van der Waals surface area contributed by atoms with E-state index < -0.39 is 46.9 Å². The van der Waals surface area contributed by atoms with Gasteiger partial charge in [-0.1, -0.05) is 96.4 Å². The third-order valence-corrected chi connectivity index (χ3v) is 8.75. The molecule has 10 heteroatoms. The molecular formula is C41H67F2NO7. The predicted octanol–water partition coefficient (Wildman–Crippen LogP) is 9.45. The normalized spacial score (nSPS) is 14.5. The Balaban J connectivity index is 3.04. The smallest absolute Gasteiger partial charge is 0.339 e. The summed E-state index contributed by atoms with van der Waals surface area (Å²) in [7, 11) is 1.23. The summed E-state index contributed by atoms with van der Waals surface area (Å²) in [6.45, 7) is 11.6. The molecule has 1 rings (SSSR count). The number of alkyl halides is 2. The van der Waals surface area contributed by atoms with Gasteiger partial charge in [0.1, 0.15) is 17.4 Å². The molecule has 0 bridgehead atoms. The maximum Gasteiger partial charge on any atom is 0.339 e.